The van der Waals surface area contributed by atoms with Gasteiger partial charge in [-0.3, -0.25) is 4.99 Å². The van der Waals surface area contributed by atoms with Gasteiger partial charge in [-0.15, -0.1) is 24.0 Å². The number of nitrogens with zero attached hydrogens (tertiary/aromatic N) is 3. The summed E-state index contributed by atoms with van der Waals surface area (Å²) in [6, 6.07) is 8.88. The van der Waals surface area contributed by atoms with Gasteiger partial charge < -0.3 is 15.1 Å². The van der Waals surface area contributed by atoms with Crippen molar-refractivity contribution in [1.29, 1.82) is 0 Å². The fourth-order valence-corrected chi connectivity index (χ4v) is 3.99. The molecule has 3 rings (SSSR count). The molecular weight excluding hydrogens is 423 g/mol. The van der Waals surface area contributed by atoms with Crippen molar-refractivity contribution in [2.75, 3.05) is 45.7 Å². The molecule has 2 aliphatic rings. The molecule has 0 amide bonds. The number of anilines is 1. The second kappa shape index (κ2) is 9.10. The lowest BCUT2D eigenvalue weighted by molar-refractivity contribution is 0.151. The molecule has 1 spiro atoms. The number of aryl methyl sites for hydroxylation is 1. The van der Waals surface area contributed by atoms with Crippen molar-refractivity contribution in [3.63, 3.8) is 0 Å². The van der Waals surface area contributed by atoms with Crippen molar-refractivity contribution >= 4 is 35.6 Å². The van der Waals surface area contributed by atoms with Gasteiger partial charge in [0.25, 0.3) is 0 Å². The van der Waals surface area contributed by atoms with Crippen LogP contribution in [0.3, 0.4) is 0 Å². The summed E-state index contributed by atoms with van der Waals surface area (Å²) in [5.41, 5.74) is 3.30. The van der Waals surface area contributed by atoms with Gasteiger partial charge in [0.2, 0.25) is 0 Å². The Bertz CT molecular complexity index is 564. The molecule has 0 unspecified atom stereocenters. The molecule has 1 aliphatic carbocycles. The number of likely N-dealkylation sites (tertiary alicyclic amines) is 1. The standard InChI is InChI=1S/C20H32N4.HI/c1-21-19(24-15-13-20(16-24)11-5-12-20)22-14-4-6-17-7-9-18(10-8-17)23(2)3;/h7-10H,4-6,11-16H2,1-3H3,(H,21,22);1H. The number of aliphatic imine (C=N–C) groups is 1. The zero-order valence-electron chi connectivity index (χ0n) is 15.9. The minimum atomic E-state index is 0. The zero-order chi connectivity index (χ0) is 17.0. The van der Waals surface area contributed by atoms with E-state index in [1.807, 2.05) is 7.05 Å². The number of halogens is 1. The van der Waals surface area contributed by atoms with Crippen molar-refractivity contribution in [3.05, 3.63) is 29.8 Å². The molecule has 0 bridgehead atoms. The van der Waals surface area contributed by atoms with E-state index < -0.39 is 0 Å². The number of nitrogens with one attached hydrogen (secondary N) is 1. The van der Waals surface area contributed by atoms with Crippen molar-refractivity contribution < 1.29 is 0 Å². The molecule has 25 heavy (non-hydrogen) atoms. The smallest absolute Gasteiger partial charge is 0.193 e. The molecule has 1 saturated heterocycles. The fourth-order valence-electron chi connectivity index (χ4n) is 3.99. The maximum absolute atomic E-state index is 4.50. The van der Waals surface area contributed by atoms with Crippen LogP contribution in [0.25, 0.3) is 0 Å². The van der Waals surface area contributed by atoms with Crippen molar-refractivity contribution in [2.24, 2.45) is 10.4 Å². The van der Waals surface area contributed by atoms with Crippen LogP contribution in [0.15, 0.2) is 29.3 Å². The van der Waals surface area contributed by atoms with Crippen LogP contribution in [-0.2, 0) is 6.42 Å². The topological polar surface area (TPSA) is 30.9 Å². The zero-order valence-corrected chi connectivity index (χ0v) is 18.3. The van der Waals surface area contributed by atoms with Crippen molar-refractivity contribution in [3.8, 4) is 0 Å². The van der Waals surface area contributed by atoms with Gasteiger partial charge in [-0.2, -0.15) is 0 Å². The Kier molecular flexibility index (Phi) is 7.40. The van der Waals surface area contributed by atoms with E-state index in [0.29, 0.717) is 5.41 Å². The largest absolute Gasteiger partial charge is 0.378 e. The minimum absolute atomic E-state index is 0. The number of rotatable bonds is 5. The highest BCUT2D eigenvalue weighted by Gasteiger charge is 2.43. The first-order chi connectivity index (χ1) is 11.6. The molecule has 5 heteroatoms. The highest BCUT2D eigenvalue weighted by Crippen LogP contribution is 2.47. The highest BCUT2D eigenvalue weighted by atomic mass is 127. The Hall–Kier alpha value is -0.980. The molecule has 140 valence electrons. The van der Waals surface area contributed by atoms with Crippen LogP contribution >= 0.6 is 24.0 Å². The van der Waals surface area contributed by atoms with Crippen molar-refractivity contribution in [2.45, 2.75) is 38.5 Å². The maximum atomic E-state index is 4.50. The van der Waals surface area contributed by atoms with Crippen LogP contribution in [0, 0.1) is 5.41 Å². The van der Waals surface area contributed by atoms with Crippen LogP contribution in [-0.4, -0.2) is 51.6 Å². The van der Waals surface area contributed by atoms with E-state index in [-0.39, 0.29) is 24.0 Å². The summed E-state index contributed by atoms with van der Waals surface area (Å²) in [6.07, 6.45) is 7.87. The van der Waals surface area contributed by atoms with E-state index in [0.717, 1.165) is 25.3 Å². The van der Waals surface area contributed by atoms with Gasteiger partial charge in [-0.05, 0) is 55.2 Å². The minimum Gasteiger partial charge on any atom is -0.378 e. The predicted octanol–water partition coefficient (Wildman–Crippen LogP) is 3.75. The van der Waals surface area contributed by atoms with Crippen LogP contribution in [0.2, 0.25) is 0 Å². The summed E-state index contributed by atoms with van der Waals surface area (Å²) in [5, 5.41) is 3.56. The average Bonchev–Trinajstić information content (AvgIpc) is 3.01. The molecule has 4 nitrogen and oxygen atoms in total. The van der Waals surface area contributed by atoms with Gasteiger partial charge in [0.05, 0.1) is 0 Å². The lowest BCUT2D eigenvalue weighted by Crippen LogP contribution is -2.42. The van der Waals surface area contributed by atoms with Gasteiger partial charge in [0, 0.05) is 46.5 Å². The first-order valence-corrected chi connectivity index (χ1v) is 9.34. The van der Waals surface area contributed by atoms with E-state index in [1.54, 1.807) is 0 Å². The van der Waals surface area contributed by atoms with E-state index >= 15 is 0 Å². The van der Waals surface area contributed by atoms with Crippen LogP contribution in [0.5, 0.6) is 0 Å². The van der Waals surface area contributed by atoms with E-state index in [2.05, 4.69) is 58.5 Å². The molecule has 0 atom stereocenters. The van der Waals surface area contributed by atoms with Gasteiger partial charge in [0.15, 0.2) is 5.96 Å². The Morgan fingerprint density at radius 1 is 1.20 bits per heavy atom. The molecule has 1 heterocycles. The summed E-state index contributed by atoms with van der Waals surface area (Å²) < 4.78 is 0. The SMILES string of the molecule is CN=C(NCCCc1ccc(N(C)C)cc1)N1CCC2(CCC2)C1.I. The number of hydrogen-bond acceptors (Lipinski definition) is 2. The van der Waals surface area contributed by atoms with Crippen LogP contribution in [0.1, 0.15) is 37.7 Å². The van der Waals surface area contributed by atoms with Crippen LogP contribution in [0.4, 0.5) is 5.69 Å². The Labute approximate surface area is 170 Å². The van der Waals surface area contributed by atoms with E-state index in [4.69, 9.17) is 0 Å². The quantitative estimate of drug-likeness (QED) is 0.317. The third kappa shape index (κ3) is 5.02. The third-order valence-corrected chi connectivity index (χ3v) is 5.74. The second-order valence-corrected chi connectivity index (χ2v) is 7.66. The molecule has 1 saturated carbocycles. The molecule has 1 aromatic carbocycles. The predicted molar refractivity (Wildman–Crippen MR) is 118 cm³/mol. The monoisotopic (exact) mass is 456 g/mol. The fraction of sp³-hybridized carbons (Fsp3) is 0.650. The molecule has 0 radical (unpaired) electrons. The molecular formula is C20H33IN4. The second-order valence-electron chi connectivity index (χ2n) is 7.66. The lowest BCUT2D eigenvalue weighted by atomic mass is 9.68. The summed E-state index contributed by atoms with van der Waals surface area (Å²) >= 11 is 0. The van der Waals surface area contributed by atoms with Gasteiger partial charge in [-0.1, -0.05) is 18.6 Å². The Morgan fingerprint density at radius 3 is 2.44 bits per heavy atom. The molecule has 2 fully saturated rings. The van der Waals surface area contributed by atoms with Gasteiger partial charge in [-0.25, -0.2) is 0 Å². The first-order valence-electron chi connectivity index (χ1n) is 9.34. The number of hydrogen-bond donors (Lipinski definition) is 1. The van der Waals surface area contributed by atoms with Gasteiger partial charge in [0.1, 0.15) is 0 Å². The van der Waals surface area contributed by atoms with Gasteiger partial charge >= 0.3 is 0 Å². The van der Waals surface area contributed by atoms with E-state index in [1.165, 1.54) is 50.0 Å². The third-order valence-electron chi connectivity index (χ3n) is 5.74. The Morgan fingerprint density at radius 2 is 1.92 bits per heavy atom. The average molecular weight is 456 g/mol. The molecule has 0 aromatic heterocycles. The maximum Gasteiger partial charge on any atom is 0.193 e. The molecule has 1 aliphatic heterocycles. The number of benzene rings is 1. The number of guanidine groups is 1. The van der Waals surface area contributed by atoms with E-state index in [9.17, 15) is 0 Å². The summed E-state index contributed by atoms with van der Waals surface area (Å²) in [5.74, 6) is 1.10. The van der Waals surface area contributed by atoms with Crippen LogP contribution < -0.4 is 10.2 Å². The summed E-state index contributed by atoms with van der Waals surface area (Å²) in [7, 11) is 6.07. The molecule has 1 N–H and O–H groups in total. The lowest BCUT2D eigenvalue weighted by Gasteiger charge is -2.38. The normalized spacial score (nSPS) is 18.7. The molecule has 1 aromatic rings. The van der Waals surface area contributed by atoms with Crippen molar-refractivity contribution in [1.82, 2.24) is 10.2 Å². The first kappa shape index (κ1) is 20.3. The summed E-state index contributed by atoms with van der Waals surface area (Å²) in [4.78, 5) is 9.10. The summed E-state index contributed by atoms with van der Waals surface area (Å²) in [6.45, 7) is 3.37. The highest BCUT2D eigenvalue weighted by molar-refractivity contribution is 14.0. The Balaban J connectivity index is 0.00000225.